The second-order valence-electron chi connectivity index (χ2n) is 8.16. The lowest BCUT2D eigenvalue weighted by Gasteiger charge is -2.18. The van der Waals surface area contributed by atoms with Gasteiger partial charge in [0.2, 0.25) is 5.95 Å². The van der Waals surface area contributed by atoms with Crippen LogP contribution in [0.4, 0.5) is 17.5 Å². The van der Waals surface area contributed by atoms with E-state index >= 15 is 0 Å². The number of benzene rings is 1. The van der Waals surface area contributed by atoms with Gasteiger partial charge in [0.05, 0.1) is 22.4 Å². The number of hydrogen-bond donors (Lipinski definition) is 1. The highest BCUT2D eigenvalue weighted by molar-refractivity contribution is 6.35. The first-order chi connectivity index (χ1) is 14.4. The average Bonchev–Trinajstić information content (AvgIpc) is 3.09. The largest absolute Gasteiger partial charge is 0.363 e. The fourth-order valence-corrected chi connectivity index (χ4v) is 4.15. The topological polar surface area (TPSA) is 46.0 Å². The van der Waals surface area contributed by atoms with Crippen LogP contribution in [0.15, 0.2) is 24.4 Å². The van der Waals surface area contributed by atoms with Crippen LogP contribution in [0, 0.1) is 6.92 Å². The van der Waals surface area contributed by atoms with Crippen LogP contribution in [-0.2, 0) is 6.54 Å². The van der Waals surface area contributed by atoms with E-state index in [2.05, 4.69) is 54.7 Å². The molecule has 2 heterocycles. The number of anilines is 3. The van der Waals surface area contributed by atoms with Gasteiger partial charge < -0.3 is 14.8 Å². The Morgan fingerprint density at radius 2 is 1.90 bits per heavy atom. The van der Waals surface area contributed by atoms with Gasteiger partial charge in [0, 0.05) is 20.6 Å². The number of unbranched alkanes of at least 4 members (excludes halogenated alkanes) is 1. The SMILES string of the molecule is CCCCn1c(Nc2cnc(N(C)C)cc2C)nc2c(Cl)ccc(C(CC)CC)c21. The second kappa shape index (κ2) is 9.69. The minimum absolute atomic E-state index is 0.498. The lowest BCUT2D eigenvalue weighted by Crippen LogP contribution is -2.11. The number of aryl methyl sites for hydroxylation is 2. The summed E-state index contributed by atoms with van der Waals surface area (Å²) in [4.78, 5) is 11.5. The molecule has 0 bridgehead atoms. The van der Waals surface area contributed by atoms with E-state index in [0.29, 0.717) is 10.9 Å². The predicted molar refractivity (Wildman–Crippen MR) is 130 cm³/mol. The minimum atomic E-state index is 0.498. The van der Waals surface area contributed by atoms with Crippen molar-refractivity contribution in [3.8, 4) is 0 Å². The maximum absolute atomic E-state index is 6.61. The molecule has 30 heavy (non-hydrogen) atoms. The summed E-state index contributed by atoms with van der Waals surface area (Å²) in [5.74, 6) is 2.27. The van der Waals surface area contributed by atoms with Crippen LogP contribution in [0.25, 0.3) is 11.0 Å². The molecule has 0 saturated carbocycles. The summed E-state index contributed by atoms with van der Waals surface area (Å²) >= 11 is 6.61. The van der Waals surface area contributed by atoms with Gasteiger partial charge in [-0.2, -0.15) is 0 Å². The zero-order chi connectivity index (χ0) is 21.8. The number of fused-ring (bicyclic) bond motifs is 1. The molecule has 5 nitrogen and oxygen atoms in total. The number of rotatable bonds is 9. The van der Waals surface area contributed by atoms with Crippen LogP contribution in [0.3, 0.4) is 0 Å². The molecular weight excluding hydrogens is 394 g/mol. The maximum Gasteiger partial charge on any atom is 0.208 e. The number of halogens is 1. The Hall–Kier alpha value is -2.27. The number of nitrogens with zero attached hydrogens (tertiary/aromatic N) is 4. The predicted octanol–water partition coefficient (Wildman–Crippen LogP) is 6.91. The Morgan fingerprint density at radius 1 is 1.17 bits per heavy atom. The number of imidazole rings is 1. The summed E-state index contributed by atoms with van der Waals surface area (Å²) in [7, 11) is 4.00. The van der Waals surface area contributed by atoms with Crippen molar-refractivity contribution in [3.05, 3.63) is 40.5 Å². The van der Waals surface area contributed by atoms with Gasteiger partial charge in [-0.05, 0) is 55.4 Å². The lowest BCUT2D eigenvalue weighted by atomic mass is 9.93. The van der Waals surface area contributed by atoms with Crippen molar-refractivity contribution in [1.82, 2.24) is 14.5 Å². The van der Waals surface area contributed by atoms with Gasteiger partial charge in [-0.1, -0.05) is 44.9 Å². The molecule has 0 fully saturated rings. The number of pyridine rings is 1. The first-order valence-corrected chi connectivity index (χ1v) is 11.4. The first kappa shape index (κ1) is 22.4. The van der Waals surface area contributed by atoms with Crippen molar-refractivity contribution in [2.75, 3.05) is 24.3 Å². The zero-order valence-corrected chi connectivity index (χ0v) is 19.8. The quantitative estimate of drug-likeness (QED) is 0.403. The van der Waals surface area contributed by atoms with Crippen LogP contribution < -0.4 is 10.2 Å². The molecule has 162 valence electrons. The molecule has 0 unspecified atom stereocenters. The van der Waals surface area contributed by atoms with Gasteiger partial charge in [-0.3, -0.25) is 0 Å². The van der Waals surface area contributed by atoms with Crippen molar-refractivity contribution in [2.24, 2.45) is 0 Å². The van der Waals surface area contributed by atoms with E-state index in [1.54, 1.807) is 0 Å². The van der Waals surface area contributed by atoms with E-state index in [1.807, 2.05) is 31.3 Å². The van der Waals surface area contributed by atoms with Crippen molar-refractivity contribution in [2.45, 2.75) is 65.8 Å². The summed E-state index contributed by atoms with van der Waals surface area (Å²) in [5.41, 5.74) is 5.50. The fraction of sp³-hybridized carbons (Fsp3) is 0.500. The molecule has 0 aliphatic carbocycles. The van der Waals surface area contributed by atoms with Crippen LogP contribution in [0.2, 0.25) is 5.02 Å². The van der Waals surface area contributed by atoms with E-state index < -0.39 is 0 Å². The smallest absolute Gasteiger partial charge is 0.208 e. The Bertz CT molecular complexity index is 1000. The van der Waals surface area contributed by atoms with E-state index in [9.17, 15) is 0 Å². The van der Waals surface area contributed by atoms with Gasteiger partial charge in [0.15, 0.2) is 0 Å². The molecule has 2 aromatic heterocycles. The molecule has 0 atom stereocenters. The van der Waals surface area contributed by atoms with Crippen LogP contribution >= 0.6 is 11.6 Å². The Labute approximate surface area is 185 Å². The Balaban J connectivity index is 2.14. The van der Waals surface area contributed by atoms with E-state index in [0.717, 1.165) is 60.8 Å². The third-order valence-electron chi connectivity index (χ3n) is 5.84. The maximum atomic E-state index is 6.61. The van der Waals surface area contributed by atoms with Gasteiger partial charge in [-0.25, -0.2) is 9.97 Å². The normalized spacial score (nSPS) is 11.5. The first-order valence-electron chi connectivity index (χ1n) is 11.0. The highest BCUT2D eigenvalue weighted by Crippen LogP contribution is 2.36. The standard InChI is InChI=1S/C24H34ClN5/c1-7-10-13-30-23-18(17(8-2)9-3)11-12-19(25)22(23)28-24(30)27-20-15-26-21(29(5)6)14-16(20)4/h11-12,14-15,17H,7-10,13H2,1-6H3,(H,27,28). The summed E-state index contributed by atoms with van der Waals surface area (Å²) in [6.07, 6.45) is 6.30. The highest BCUT2D eigenvalue weighted by Gasteiger charge is 2.21. The Morgan fingerprint density at radius 3 is 2.50 bits per heavy atom. The number of nitrogens with one attached hydrogen (secondary N) is 1. The van der Waals surface area contributed by atoms with Gasteiger partial charge >= 0.3 is 0 Å². The minimum Gasteiger partial charge on any atom is -0.363 e. The van der Waals surface area contributed by atoms with Crippen molar-refractivity contribution < 1.29 is 0 Å². The third kappa shape index (κ3) is 4.41. The molecule has 3 rings (SSSR count). The van der Waals surface area contributed by atoms with Gasteiger partial charge in [0.1, 0.15) is 11.3 Å². The molecule has 1 N–H and O–H groups in total. The van der Waals surface area contributed by atoms with E-state index in [-0.39, 0.29) is 0 Å². The lowest BCUT2D eigenvalue weighted by molar-refractivity contribution is 0.626. The molecule has 0 saturated heterocycles. The molecule has 0 spiro atoms. The summed E-state index contributed by atoms with van der Waals surface area (Å²) in [6.45, 7) is 9.72. The van der Waals surface area contributed by atoms with Crippen LogP contribution in [-0.4, -0.2) is 28.6 Å². The van der Waals surface area contributed by atoms with Crippen molar-refractivity contribution in [1.29, 1.82) is 0 Å². The average molecular weight is 428 g/mol. The monoisotopic (exact) mass is 427 g/mol. The summed E-state index contributed by atoms with van der Waals surface area (Å²) in [6, 6.07) is 6.27. The molecule has 0 radical (unpaired) electrons. The molecular formula is C24H34ClN5. The zero-order valence-electron chi connectivity index (χ0n) is 19.1. The third-order valence-corrected chi connectivity index (χ3v) is 6.14. The highest BCUT2D eigenvalue weighted by atomic mass is 35.5. The van der Waals surface area contributed by atoms with E-state index in [4.69, 9.17) is 16.6 Å². The molecule has 6 heteroatoms. The van der Waals surface area contributed by atoms with Crippen molar-refractivity contribution in [3.63, 3.8) is 0 Å². The van der Waals surface area contributed by atoms with Crippen LogP contribution in [0.5, 0.6) is 0 Å². The summed E-state index contributed by atoms with van der Waals surface area (Å²) < 4.78 is 2.32. The molecule has 1 aromatic carbocycles. The number of hydrogen-bond acceptors (Lipinski definition) is 4. The molecule has 3 aromatic rings. The number of aromatic nitrogens is 3. The van der Waals surface area contributed by atoms with Gasteiger partial charge in [-0.15, -0.1) is 0 Å². The fourth-order valence-electron chi connectivity index (χ4n) is 3.96. The van der Waals surface area contributed by atoms with Crippen molar-refractivity contribution >= 4 is 40.1 Å². The van der Waals surface area contributed by atoms with Gasteiger partial charge in [0.25, 0.3) is 0 Å². The molecule has 0 aliphatic heterocycles. The van der Waals surface area contributed by atoms with E-state index in [1.165, 1.54) is 11.1 Å². The molecule has 0 aliphatic rings. The summed E-state index contributed by atoms with van der Waals surface area (Å²) in [5, 5.41) is 4.25. The second-order valence-corrected chi connectivity index (χ2v) is 8.57. The van der Waals surface area contributed by atoms with Crippen LogP contribution in [0.1, 0.15) is 63.5 Å². The Kier molecular flexibility index (Phi) is 7.24. The molecule has 0 amide bonds.